The van der Waals surface area contributed by atoms with Crippen LogP contribution in [0.4, 0.5) is 4.79 Å². The molecule has 0 bridgehead atoms. The maximum absolute atomic E-state index is 11.4. The van der Waals surface area contributed by atoms with Gasteiger partial charge in [0.25, 0.3) is 5.79 Å². The van der Waals surface area contributed by atoms with Crippen LogP contribution in [-0.4, -0.2) is 23.0 Å². The SMILES string of the molecule is CC(C)(OOC(=O)c1ccccc1)OC(=O)O. The van der Waals surface area contributed by atoms with Gasteiger partial charge >= 0.3 is 12.1 Å². The monoisotopic (exact) mass is 240 g/mol. The van der Waals surface area contributed by atoms with E-state index in [4.69, 9.17) is 5.11 Å². The molecule has 0 radical (unpaired) electrons. The van der Waals surface area contributed by atoms with Gasteiger partial charge in [0, 0.05) is 13.8 Å². The van der Waals surface area contributed by atoms with Crippen molar-refractivity contribution >= 4 is 12.1 Å². The molecule has 0 saturated heterocycles. The molecule has 0 fully saturated rings. The summed E-state index contributed by atoms with van der Waals surface area (Å²) in [7, 11) is 0. The molecule has 0 spiro atoms. The van der Waals surface area contributed by atoms with Crippen molar-refractivity contribution in [3.63, 3.8) is 0 Å². The van der Waals surface area contributed by atoms with Crippen LogP contribution >= 0.6 is 0 Å². The minimum Gasteiger partial charge on any atom is -0.450 e. The van der Waals surface area contributed by atoms with Crippen molar-refractivity contribution in [3.8, 4) is 0 Å². The Bertz CT molecular complexity index is 398. The fourth-order valence-corrected chi connectivity index (χ4v) is 0.988. The van der Waals surface area contributed by atoms with Crippen LogP contribution in [0.3, 0.4) is 0 Å². The molecular formula is C11H12O6. The average molecular weight is 240 g/mol. The minimum absolute atomic E-state index is 0.290. The second-order valence-electron chi connectivity index (χ2n) is 3.59. The van der Waals surface area contributed by atoms with Gasteiger partial charge in [0.15, 0.2) is 0 Å². The summed E-state index contributed by atoms with van der Waals surface area (Å²) in [6.45, 7) is 2.61. The van der Waals surface area contributed by atoms with Crippen molar-refractivity contribution in [3.05, 3.63) is 35.9 Å². The molecule has 92 valence electrons. The fraction of sp³-hybridized carbons (Fsp3) is 0.273. The Labute approximate surface area is 97.6 Å². The minimum atomic E-state index is -1.56. The molecule has 0 aliphatic carbocycles. The smallest absolute Gasteiger partial charge is 0.450 e. The molecule has 0 heterocycles. The van der Waals surface area contributed by atoms with Gasteiger partial charge in [-0.05, 0) is 12.1 Å². The van der Waals surface area contributed by atoms with Crippen LogP contribution in [0.1, 0.15) is 24.2 Å². The molecule has 6 heteroatoms. The summed E-state index contributed by atoms with van der Waals surface area (Å²) in [5, 5.41) is 8.39. The van der Waals surface area contributed by atoms with Gasteiger partial charge in [-0.2, -0.15) is 0 Å². The van der Waals surface area contributed by atoms with Crippen molar-refractivity contribution in [2.24, 2.45) is 0 Å². The Hall–Kier alpha value is -2.08. The van der Waals surface area contributed by atoms with Gasteiger partial charge in [0.1, 0.15) is 0 Å². The van der Waals surface area contributed by atoms with E-state index in [-0.39, 0.29) is 0 Å². The van der Waals surface area contributed by atoms with E-state index in [1.54, 1.807) is 18.2 Å². The Balaban J connectivity index is 2.51. The van der Waals surface area contributed by atoms with Crippen LogP contribution in [0, 0.1) is 0 Å². The van der Waals surface area contributed by atoms with Crippen LogP contribution in [0.15, 0.2) is 30.3 Å². The summed E-state index contributed by atoms with van der Waals surface area (Å²) in [5.41, 5.74) is 0.290. The van der Waals surface area contributed by atoms with Crippen molar-refractivity contribution < 1.29 is 29.2 Å². The summed E-state index contributed by atoms with van der Waals surface area (Å²) >= 11 is 0. The molecule has 17 heavy (non-hydrogen) atoms. The van der Waals surface area contributed by atoms with Gasteiger partial charge in [-0.15, -0.1) is 4.89 Å². The van der Waals surface area contributed by atoms with Crippen LogP contribution < -0.4 is 0 Å². The summed E-state index contributed by atoms with van der Waals surface area (Å²) in [4.78, 5) is 30.8. The highest BCUT2D eigenvalue weighted by Gasteiger charge is 2.27. The Morgan fingerprint density at radius 3 is 2.29 bits per heavy atom. The average Bonchev–Trinajstić information content (AvgIpc) is 2.25. The molecule has 0 atom stereocenters. The van der Waals surface area contributed by atoms with Gasteiger partial charge in [-0.3, -0.25) is 4.89 Å². The van der Waals surface area contributed by atoms with Crippen LogP contribution in [0.25, 0.3) is 0 Å². The van der Waals surface area contributed by atoms with Crippen LogP contribution in [0.5, 0.6) is 0 Å². The molecular weight excluding hydrogens is 228 g/mol. The van der Waals surface area contributed by atoms with Crippen molar-refractivity contribution in [1.29, 1.82) is 0 Å². The topological polar surface area (TPSA) is 82.1 Å². The number of carbonyl (C=O) groups excluding carboxylic acids is 1. The molecule has 1 aromatic rings. The van der Waals surface area contributed by atoms with Gasteiger partial charge < -0.3 is 9.84 Å². The first kappa shape index (κ1) is 13.0. The Kier molecular flexibility index (Phi) is 4.06. The quantitative estimate of drug-likeness (QED) is 0.376. The van der Waals surface area contributed by atoms with E-state index < -0.39 is 17.9 Å². The second-order valence-corrected chi connectivity index (χ2v) is 3.59. The van der Waals surface area contributed by atoms with Gasteiger partial charge in [-0.1, -0.05) is 18.2 Å². The third-order valence-electron chi connectivity index (χ3n) is 1.66. The molecule has 0 amide bonds. The predicted molar refractivity (Wildman–Crippen MR) is 56.1 cm³/mol. The standard InChI is InChI=1S/C11H12O6/c1-11(2,15-10(13)14)17-16-9(12)8-6-4-3-5-7-8/h3-7H,1-2H3,(H,13,14). The van der Waals surface area contributed by atoms with E-state index in [2.05, 4.69) is 14.5 Å². The largest absolute Gasteiger partial charge is 0.508 e. The van der Waals surface area contributed by atoms with Crippen molar-refractivity contribution in [2.45, 2.75) is 19.6 Å². The molecule has 0 aromatic heterocycles. The second kappa shape index (κ2) is 5.31. The van der Waals surface area contributed by atoms with Crippen molar-refractivity contribution in [2.75, 3.05) is 0 Å². The lowest BCUT2D eigenvalue weighted by Gasteiger charge is -2.20. The number of carbonyl (C=O) groups is 2. The number of hydrogen-bond donors (Lipinski definition) is 1. The molecule has 1 N–H and O–H groups in total. The normalized spacial score (nSPS) is 10.7. The summed E-state index contributed by atoms with van der Waals surface area (Å²) in [5.74, 6) is -2.29. The van der Waals surface area contributed by atoms with E-state index in [0.717, 1.165) is 0 Å². The summed E-state index contributed by atoms with van der Waals surface area (Å²) in [6.07, 6.45) is -1.52. The lowest BCUT2D eigenvalue weighted by Crippen LogP contribution is -2.31. The third-order valence-corrected chi connectivity index (χ3v) is 1.66. The number of rotatable bonds is 4. The third kappa shape index (κ3) is 4.52. The maximum atomic E-state index is 11.4. The number of hydrogen-bond acceptors (Lipinski definition) is 5. The molecule has 1 aromatic carbocycles. The molecule has 0 aliphatic heterocycles. The first-order valence-corrected chi connectivity index (χ1v) is 4.78. The maximum Gasteiger partial charge on any atom is 0.508 e. The number of carboxylic acid groups (broad SMARTS) is 1. The highest BCUT2D eigenvalue weighted by atomic mass is 17.2. The summed E-state index contributed by atoms with van der Waals surface area (Å²) < 4.78 is 4.34. The van der Waals surface area contributed by atoms with Crippen LogP contribution in [0.2, 0.25) is 0 Å². The Morgan fingerprint density at radius 2 is 1.76 bits per heavy atom. The molecule has 1 rings (SSSR count). The van der Waals surface area contributed by atoms with E-state index in [1.807, 2.05) is 0 Å². The van der Waals surface area contributed by atoms with Crippen LogP contribution in [-0.2, 0) is 14.5 Å². The Morgan fingerprint density at radius 1 is 1.18 bits per heavy atom. The molecule has 0 unspecified atom stereocenters. The zero-order chi connectivity index (χ0) is 12.9. The zero-order valence-electron chi connectivity index (χ0n) is 9.38. The van der Waals surface area contributed by atoms with Gasteiger partial charge in [0.05, 0.1) is 5.56 Å². The molecule has 0 aliphatic rings. The highest BCUT2D eigenvalue weighted by Crippen LogP contribution is 2.13. The van der Waals surface area contributed by atoms with E-state index >= 15 is 0 Å². The molecule has 0 saturated carbocycles. The lowest BCUT2D eigenvalue weighted by molar-refractivity contribution is -0.370. The summed E-state index contributed by atoms with van der Waals surface area (Å²) in [6, 6.07) is 8.15. The van der Waals surface area contributed by atoms with E-state index in [1.165, 1.54) is 26.0 Å². The van der Waals surface area contributed by atoms with Gasteiger partial charge in [0.2, 0.25) is 0 Å². The zero-order valence-corrected chi connectivity index (χ0v) is 9.38. The van der Waals surface area contributed by atoms with E-state index in [9.17, 15) is 9.59 Å². The number of benzene rings is 1. The van der Waals surface area contributed by atoms with Crippen molar-refractivity contribution in [1.82, 2.24) is 0 Å². The highest BCUT2D eigenvalue weighted by molar-refractivity contribution is 5.88. The van der Waals surface area contributed by atoms with Gasteiger partial charge in [-0.25, -0.2) is 9.59 Å². The first-order chi connectivity index (χ1) is 7.91. The first-order valence-electron chi connectivity index (χ1n) is 4.78. The number of ether oxygens (including phenoxy) is 1. The predicted octanol–water partition coefficient (Wildman–Crippen LogP) is 2.21. The lowest BCUT2D eigenvalue weighted by atomic mass is 10.2. The van der Waals surface area contributed by atoms with E-state index in [0.29, 0.717) is 5.56 Å². The molecule has 6 nitrogen and oxygen atoms in total. The fourth-order valence-electron chi connectivity index (χ4n) is 0.988.